The molecule has 1 rings (SSSR count). The Hall–Kier alpha value is -0.610. The fourth-order valence-electron chi connectivity index (χ4n) is 2.04. The molecule has 0 bridgehead atoms. The van der Waals surface area contributed by atoms with E-state index in [2.05, 4.69) is 0 Å². The highest BCUT2D eigenvalue weighted by atomic mass is 16.5. The van der Waals surface area contributed by atoms with Crippen LogP contribution in [0.2, 0.25) is 0 Å². The molecule has 0 saturated carbocycles. The summed E-state index contributed by atoms with van der Waals surface area (Å²) in [6, 6.07) is 0.234. The van der Waals surface area contributed by atoms with Gasteiger partial charge in [0, 0.05) is 19.1 Å². The Balaban J connectivity index is 2.31. The van der Waals surface area contributed by atoms with Gasteiger partial charge in [-0.2, -0.15) is 0 Å². The van der Waals surface area contributed by atoms with Crippen molar-refractivity contribution in [3.63, 3.8) is 0 Å². The molecule has 0 aliphatic carbocycles. The van der Waals surface area contributed by atoms with Crippen molar-refractivity contribution in [3.05, 3.63) is 0 Å². The molecule has 2 N–H and O–H groups in total. The second-order valence-electron chi connectivity index (χ2n) is 5.98. The summed E-state index contributed by atoms with van der Waals surface area (Å²) < 4.78 is 5.50. The molecule has 1 unspecified atom stereocenters. The summed E-state index contributed by atoms with van der Waals surface area (Å²) >= 11 is 0. The van der Waals surface area contributed by atoms with Crippen molar-refractivity contribution in [2.24, 2.45) is 11.7 Å². The van der Waals surface area contributed by atoms with E-state index in [1.807, 2.05) is 32.6 Å². The molecule has 0 aromatic heterocycles. The lowest BCUT2D eigenvalue weighted by Gasteiger charge is -2.34. The number of nitrogens with zero attached hydrogens (tertiary/aromatic N) is 1. The lowest BCUT2D eigenvalue weighted by Crippen LogP contribution is -2.44. The van der Waals surface area contributed by atoms with Gasteiger partial charge in [-0.1, -0.05) is 0 Å². The SMILES string of the molecule is CC(N)C1CCN(C(=O)COC(C)(C)C)CC1. The molecule has 1 aliphatic heterocycles. The van der Waals surface area contributed by atoms with E-state index < -0.39 is 0 Å². The van der Waals surface area contributed by atoms with E-state index in [9.17, 15) is 4.79 Å². The van der Waals surface area contributed by atoms with Crippen LogP contribution in [0.25, 0.3) is 0 Å². The summed E-state index contributed by atoms with van der Waals surface area (Å²) in [5.74, 6) is 0.658. The van der Waals surface area contributed by atoms with Crippen LogP contribution in [-0.2, 0) is 9.53 Å². The second kappa shape index (κ2) is 5.83. The first kappa shape index (κ1) is 14.5. The van der Waals surface area contributed by atoms with Crippen LogP contribution in [0.5, 0.6) is 0 Å². The standard InChI is InChI=1S/C13H26N2O2/c1-10(14)11-5-7-15(8-6-11)12(16)9-17-13(2,3)4/h10-11H,5-9,14H2,1-4H3. The Morgan fingerprint density at radius 3 is 2.35 bits per heavy atom. The van der Waals surface area contributed by atoms with E-state index in [0.717, 1.165) is 25.9 Å². The van der Waals surface area contributed by atoms with Gasteiger partial charge in [0.15, 0.2) is 0 Å². The molecule has 0 aromatic carbocycles. The average Bonchev–Trinajstić information content (AvgIpc) is 2.25. The molecular weight excluding hydrogens is 216 g/mol. The van der Waals surface area contributed by atoms with Gasteiger partial charge in [0.05, 0.1) is 5.60 Å². The van der Waals surface area contributed by atoms with Crippen molar-refractivity contribution in [1.29, 1.82) is 0 Å². The van der Waals surface area contributed by atoms with Crippen LogP contribution in [0.15, 0.2) is 0 Å². The third-order valence-electron chi connectivity index (χ3n) is 3.26. The van der Waals surface area contributed by atoms with Crippen molar-refractivity contribution >= 4 is 5.91 Å². The van der Waals surface area contributed by atoms with E-state index in [1.165, 1.54) is 0 Å². The highest BCUT2D eigenvalue weighted by molar-refractivity contribution is 5.77. The number of ether oxygens (including phenoxy) is 1. The molecule has 1 aliphatic rings. The van der Waals surface area contributed by atoms with Gasteiger partial charge in [-0.25, -0.2) is 0 Å². The van der Waals surface area contributed by atoms with Crippen LogP contribution in [-0.4, -0.2) is 42.1 Å². The fraction of sp³-hybridized carbons (Fsp3) is 0.923. The van der Waals surface area contributed by atoms with E-state index in [1.54, 1.807) is 0 Å². The molecule has 4 nitrogen and oxygen atoms in total. The van der Waals surface area contributed by atoms with Crippen LogP contribution in [0.1, 0.15) is 40.5 Å². The number of amides is 1. The zero-order valence-corrected chi connectivity index (χ0v) is 11.5. The first-order chi connectivity index (χ1) is 7.79. The molecule has 100 valence electrons. The molecule has 0 spiro atoms. The van der Waals surface area contributed by atoms with Gasteiger partial charge in [-0.05, 0) is 46.5 Å². The van der Waals surface area contributed by atoms with Gasteiger partial charge < -0.3 is 15.4 Å². The predicted molar refractivity (Wildman–Crippen MR) is 68.7 cm³/mol. The van der Waals surface area contributed by atoms with Gasteiger partial charge >= 0.3 is 0 Å². The molecule has 0 radical (unpaired) electrons. The van der Waals surface area contributed by atoms with Gasteiger partial charge in [0.2, 0.25) is 5.91 Å². The van der Waals surface area contributed by atoms with Crippen LogP contribution in [0.3, 0.4) is 0 Å². The minimum absolute atomic E-state index is 0.100. The third kappa shape index (κ3) is 5.04. The Morgan fingerprint density at radius 2 is 1.94 bits per heavy atom. The Kier molecular flexibility index (Phi) is 4.95. The summed E-state index contributed by atoms with van der Waals surface area (Å²) in [5.41, 5.74) is 5.63. The highest BCUT2D eigenvalue weighted by Crippen LogP contribution is 2.19. The number of piperidine rings is 1. The van der Waals surface area contributed by atoms with Crippen molar-refractivity contribution in [1.82, 2.24) is 4.90 Å². The second-order valence-corrected chi connectivity index (χ2v) is 5.98. The van der Waals surface area contributed by atoms with Crippen molar-refractivity contribution in [3.8, 4) is 0 Å². The van der Waals surface area contributed by atoms with Crippen molar-refractivity contribution in [2.45, 2.75) is 52.2 Å². The number of rotatable bonds is 3. The highest BCUT2D eigenvalue weighted by Gasteiger charge is 2.25. The van der Waals surface area contributed by atoms with Gasteiger partial charge in [0.25, 0.3) is 0 Å². The topological polar surface area (TPSA) is 55.6 Å². The summed E-state index contributed by atoms with van der Waals surface area (Å²) in [4.78, 5) is 13.8. The Morgan fingerprint density at radius 1 is 1.41 bits per heavy atom. The van der Waals surface area contributed by atoms with Crippen molar-refractivity contribution in [2.75, 3.05) is 19.7 Å². The molecule has 0 aromatic rings. The quantitative estimate of drug-likeness (QED) is 0.813. The Labute approximate surface area is 104 Å². The maximum atomic E-state index is 11.9. The van der Waals surface area contributed by atoms with Gasteiger partial charge in [-0.3, -0.25) is 4.79 Å². The molecule has 1 atom stereocenters. The van der Waals surface area contributed by atoms with Crippen LogP contribution >= 0.6 is 0 Å². The van der Waals surface area contributed by atoms with Gasteiger partial charge in [-0.15, -0.1) is 0 Å². The van der Waals surface area contributed by atoms with E-state index in [4.69, 9.17) is 10.5 Å². The number of likely N-dealkylation sites (tertiary alicyclic amines) is 1. The van der Waals surface area contributed by atoms with Gasteiger partial charge in [0.1, 0.15) is 6.61 Å². The van der Waals surface area contributed by atoms with Crippen LogP contribution in [0.4, 0.5) is 0 Å². The number of carbonyl (C=O) groups is 1. The molecule has 1 heterocycles. The number of hydrogen-bond acceptors (Lipinski definition) is 3. The lowest BCUT2D eigenvalue weighted by atomic mass is 9.91. The zero-order chi connectivity index (χ0) is 13.1. The summed E-state index contributed by atoms with van der Waals surface area (Å²) in [6.45, 7) is 9.75. The predicted octanol–water partition coefficient (Wildman–Crippen LogP) is 1.39. The fourth-order valence-corrected chi connectivity index (χ4v) is 2.04. The number of nitrogens with two attached hydrogens (primary N) is 1. The lowest BCUT2D eigenvalue weighted by molar-refractivity contribution is -0.142. The monoisotopic (exact) mass is 242 g/mol. The smallest absolute Gasteiger partial charge is 0.248 e. The molecule has 1 amide bonds. The molecule has 17 heavy (non-hydrogen) atoms. The number of carbonyl (C=O) groups excluding carboxylic acids is 1. The minimum atomic E-state index is -0.250. The van der Waals surface area contributed by atoms with E-state index in [-0.39, 0.29) is 24.2 Å². The first-order valence-electron chi connectivity index (χ1n) is 6.47. The summed E-state index contributed by atoms with van der Waals surface area (Å²) in [6.07, 6.45) is 2.03. The molecule has 1 fully saturated rings. The normalized spacial score (nSPS) is 20.4. The molecule has 4 heteroatoms. The van der Waals surface area contributed by atoms with Crippen molar-refractivity contribution < 1.29 is 9.53 Å². The zero-order valence-electron chi connectivity index (χ0n) is 11.5. The maximum Gasteiger partial charge on any atom is 0.248 e. The van der Waals surface area contributed by atoms with E-state index in [0.29, 0.717) is 5.92 Å². The maximum absolute atomic E-state index is 11.9. The van der Waals surface area contributed by atoms with Crippen LogP contribution in [0, 0.1) is 5.92 Å². The minimum Gasteiger partial charge on any atom is -0.366 e. The summed E-state index contributed by atoms with van der Waals surface area (Å²) in [5, 5.41) is 0. The summed E-state index contributed by atoms with van der Waals surface area (Å²) in [7, 11) is 0. The average molecular weight is 242 g/mol. The molecule has 1 saturated heterocycles. The number of hydrogen-bond donors (Lipinski definition) is 1. The largest absolute Gasteiger partial charge is 0.366 e. The Bertz CT molecular complexity index is 251. The molecular formula is C13H26N2O2. The third-order valence-corrected chi connectivity index (χ3v) is 3.26. The van der Waals surface area contributed by atoms with E-state index >= 15 is 0 Å². The first-order valence-corrected chi connectivity index (χ1v) is 6.47. The van der Waals surface area contributed by atoms with Crippen LogP contribution < -0.4 is 5.73 Å².